The average molecular weight is 421 g/mol. The largest absolute Gasteiger partial charge is 0.505 e. The van der Waals surface area contributed by atoms with E-state index in [0.29, 0.717) is 43.1 Å². The molecule has 4 rings (SSSR count). The lowest BCUT2D eigenvalue weighted by Crippen LogP contribution is -2.49. The predicted octanol–water partition coefficient (Wildman–Crippen LogP) is 4.11. The van der Waals surface area contributed by atoms with Crippen molar-refractivity contribution in [2.24, 2.45) is 0 Å². The van der Waals surface area contributed by atoms with Crippen LogP contribution in [-0.2, 0) is 11.3 Å². The molecule has 1 amide bonds. The second-order valence-electron chi connectivity index (χ2n) is 7.81. The number of halogens is 3. The molecular weight excluding hydrogens is 398 g/mol. The van der Waals surface area contributed by atoms with Crippen molar-refractivity contribution in [1.29, 1.82) is 0 Å². The van der Waals surface area contributed by atoms with Crippen molar-refractivity contribution in [3.63, 3.8) is 0 Å². The summed E-state index contributed by atoms with van der Waals surface area (Å²) in [7, 11) is 0. The molecule has 154 valence electrons. The lowest BCUT2D eigenvalue weighted by molar-refractivity contribution is -0.133. The van der Waals surface area contributed by atoms with Gasteiger partial charge in [0.2, 0.25) is 5.91 Å². The van der Waals surface area contributed by atoms with Crippen molar-refractivity contribution in [1.82, 2.24) is 9.80 Å². The number of hydrogen-bond donors (Lipinski definition) is 1. The Morgan fingerprint density at radius 1 is 1.10 bits per heavy atom. The van der Waals surface area contributed by atoms with Crippen LogP contribution in [0.4, 0.5) is 8.78 Å². The first kappa shape index (κ1) is 20.1. The van der Waals surface area contributed by atoms with E-state index < -0.39 is 23.7 Å². The third-order valence-electron chi connectivity index (χ3n) is 5.97. The molecule has 0 radical (unpaired) electrons. The molecule has 3 atom stereocenters. The summed E-state index contributed by atoms with van der Waals surface area (Å²) in [6.45, 7) is 1.90. The maximum absolute atomic E-state index is 14.9. The van der Waals surface area contributed by atoms with Crippen molar-refractivity contribution in [2.75, 3.05) is 19.6 Å². The normalized spacial score (nSPS) is 25.6. The van der Waals surface area contributed by atoms with Crippen LogP contribution in [0, 0.1) is 5.82 Å². The molecule has 2 aromatic rings. The highest BCUT2D eigenvalue weighted by Crippen LogP contribution is 2.34. The number of likely N-dealkylation sites (tertiary alicyclic amines) is 2. The summed E-state index contributed by atoms with van der Waals surface area (Å²) < 4.78 is 28.6. The van der Waals surface area contributed by atoms with Crippen molar-refractivity contribution in [3.05, 3.63) is 64.4 Å². The maximum Gasteiger partial charge on any atom is 0.240 e. The van der Waals surface area contributed by atoms with E-state index >= 15 is 0 Å². The first-order chi connectivity index (χ1) is 13.9. The van der Waals surface area contributed by atoms with Crippen LogP contribution in [0.1, 0.15) is 29.9 Å². The Bertz CT molecular complexity index is 893. The van der Waals surface area contributed by atoms with Gasteiger partial charge in [-0.15, -0.1) is 0 Å². The van der Waals surface area contributed by atoms with Crippen molar-refractivity contribution in [2.45, 2.75) is 37.5 Å². The van der Waals surface area contributed by atoms with Gasteiger partial charge in [-0.3, -0.25) is 9.69 Å². The number of carbonyl (C=O) groups is 1. The molecule has 0 aromatic heterocycles. The van der Waals surface area contributed by atoms with E-state index in [1.165, 1.54) is 12.1 Å². The van der Waals surface area contributed by atoms with E-state index in [2.05, 4.69) is 0 Å². The topological polar surface area (TPSA) is 43.8 Å². The Balaban J connectivity index is 1.38. The fraction of sp³-hybridized carbons (Fsp3) is 0.409. The third kappa shape index (κ3) is 4.23. The highest BCUT2D eigenvalue weighted by Gasteiger charge is 2.40. The molecule has 2 unspecified atom stereocenters. The van der Waals surface area contributed by atoms with Gasteiger partial charge >= 0.3 is 0 Å². The van der Waals surface area contributed by atoms with E-state index in [-0.39, 0.29) is 18.5 Å². The van der Waals surface area contributed by atoms with E-state index in [4.69, 9.17) is 11.6 Å². The van der Waals surface area contributed by atoms with Gasteiger partial charge in [-0.2, -0.15) is 0 Å². The van der Waals surface area contributed by atoms with Crippen molar-refractivity contribution < 1.29 is 18.7 Å². The van der Waals surface area contributed by atoms with Gasteiger partial charge in [0, 0.05) is 30.6 Å². The zero-order chi connectivity index (χ0) is 20.5. The molecule has 1 N–H and O–H groups in total. The van der Waals surface area contributed by atoms with Crippen LogP contribution in [0.5, 0.6) is 5.75 Å². The number of alkyl halides is 1. The Morgan fingerprint density at radius 2 is 1.86 bits per heavy atom. The number of benzene rings is 2. The van der Waals surface area contributed by atoms with Gasteiger partial charge in [0.05, 0.1) is 6.04 Å². The molecule has 2 aliphatic rings. The molecule has 2 saturated heterocycles. The number of rotatable bonds is 4. The Hall–Kier alpha value is -2.18. The maximum atomic E-state index is 14.9. The van der Waals surface area contributed by atoms with Crippen molar-refractivity contribution >= 4 is 17.5 Å². The molecule has 0 bridgehead atoms. The minimum Gasteiger partial charge on any atom is -0.505 e. The Kier molecular flexibility index (Phi) is 5.74. The van der Waals surface area contributed by atoms with Gasteiger partial charge in [-0.25, -0.2) is 8.78 Å². The molecule has 0 aliphatic carbocycles. The van der Waals surface area contributed by atoms with E-state index in [1.807, 2.05) is 21.9 Å². The van der Waals surface area contributed by atoms with Gasteiger partial charge in [0.25, 0.3) is 0 Å². The summed E-state index contributed by atoms with van der Waals surface area (Å²) in [5.74, 6) is -1.57. The number of amides is 1. The third-order valence-corrected chi connectivity index (χ3v) is 6.22. The number of phenolic OH excluding ortho intramolecular Hbond substituents is 1. The fourth-order valence-corrected chi connectivity index (χ4v) is 4.50. The standard InChI is InChI=1S/C22H23ClF2N2O2/c23-16-4-1-14(2-5-16)12-27-10-8-20(22(27)29)26-9-7-17(19(25)13-26)15-3-6-21(28)18(24)11-15/h1-6,11,17,19-20,28H,7-10,12-13H2/t17?,19?,20-/m1/s1. The summed E-state index contributed by atoms with van der Waals surface area (Å²) in [5.41, 5.74) is 1.56. The average Bonchev–Trinajstić information content (AvgIpc) is 3.06. The highest BCUT2D eigenvalue weighted by atomic mass is 35.5. The molecule has 7 heteroatoms. The molecule has 2 fully saturated rings. The molecule has 0 spiro atoms. The van der Waals surface area contributed by atoms with Crippen LogP contribution in [-0.4, -0.2) is 52.7 Å². The lowest BCUT2D eigenvalue weighted by Gasteiger charge is -2.37. The van der Waals surface area contributed by atoms with E-state index in [0.717, 1.165) is 5.56 Å². The number of phenols is 1. The second-order valence-corrected chi connectivity index (χ2v) is 8.24. The van der Waals surface area contributed by atoms with Gasteiger partial charge < -0.3 is 10.0 Å². The highest BCUT2D eigenvalue weighted by molar-refractivity contribution is 6.30. The number of aromatic hydroxyl groups is 1. The van der Waals surface area contributed by atoms with Crippen LogP contribution in [0.25, 0.3) is 0 Å². The van der Waals surface area contributed by atoms with Crippen molar-refractivity contribution in [3.8, 4) is 5.75 Å². The first-order valence-corrected chi connectivity index (χ1v) is 10.2. The zero-order valence-electron chi connectivity index (χ0n) is 15.9. The summed E-state index contributed by atoms with van der Waals surface area (Å²) in [5, 5.41) is 10.00. The molecule has 2 heterocycles. The van der Waals surface area contributed by atoms with Crippen LogP contribution < -0.4 is 0 Å². The summed E-state index contributed by atoms with van der Waals surface area (Å²) >= 11 is 5.91. The van der Waals surface area contributed by atoms with Crippen LogP contribution in [0.2, 0.25) is 5.02 Å². The molecule has 2 aromatic carbocycles. The first-order valence-electron chi connectivity index (χ1n) is 9.82. The van der Waals surface area contributed by atoms with Gasteiger partial charge in [-0.05, 0) is 54.8 Å². The second kappa shape index (κ2) is 8.28. The van der Waals surface area contributed by atoms with Crippen LogP contribution >= 0.6 is 11.6 Å². The monoisotopic (exact) mass is 420 g/mol. The minimum absolute atomic E-state index is 0.0290. The zero-order valence-corrected chi connectivity index (χ0v) is 16.7. The summed E-state index contributed by atoms with van der Waals surface area (Å²) in [6, 6.07) is 11.2. The summed E-state index contributed by atoms with van der Waals surface area (Å²) in [4.78, 5) is 16.6. The number of nitrogens with zero attached hydrogens (tertiary/aromatic N) is 2. The molecular formula is C22H23ClF2N2O2. The van der Waals surface area contributed by atoms with Gasteiger partial charge in [0.15, 0.2) is 11.6 Å². The SMILES string of the molecule is O=C1[C@H](N2CCC(c3ccc(O)c(F)c3)C(F)C2)CCN1Cc1ccc(Cl)cc1. The molecule has 0 saturated carbocycles. The lowest BCUT2D eigenvalue weighted by atomic mass is 9.87. The minimum atomic E-state index is -1.19. The van der Waals surface area contributed by atoms with Gasteiger partial charge in [0.1, 0.15) is 6.17 Å². The Labute approximate surface area is 173 Å². The van der Waals surface area contributed by atoms with E-state index in [1.54, 1.807) is 18.2 Å². The van der Waals surface area contributed by atoms with Gasteiger partial charge in [-0.1, -0.05) is 29.8 Å². The van der Waals surface area contributed by atoms with Crippen LogP contribution in [0.3, 0.4) is 0 Å². The molecule has 2 aliphatic heterocycles. The molecule has 29 heavy (non-hydrogen) atoms. The molecule has 4 nitrogen and oxygen atoms in total. The smallest absolute Gasteiger partial charge is 0.240 e. The number of piperidine rings is 1. The fourth-order valence-electron chi connectivity index (χ4n) is 4.37. The number of hydrogen-bond acceptors (Lipinski definition) is 3. The quantitative estimate of drug-likeness (QED) is 0.809. The summed E-state index contributed by atoms with van der Waals surface area (Å²) in [6.07, 6.45) is -0.00455. The van der Waals surface area contributed by atoms with Crippen LogP contribution in [0.15, 0.2) is 42.5 Å². The predicted molar refractivity (Wildman–Crippen MR) is 107 cm³/mol. The van der Waals surface area contributed by atoms with E-state index in [9.17, 15) is 18.7 Å². The number of carbonyl (C=O) groups excluding carboxylic acids is 1. The Morgan fingerprint density at radius 3 is 2.55 bits per heavy atom.